The Morgan fingerprint density at radius 1 is 1.59 bits per heavy atom. The Bertz CT molecular complexity index is 414. The highest BCUT2D eigenvalue weighted by Gasteiger charge is 2.26. The third-order valence-corrected chi connectivity index (χ3v) is 2.70. The topological polar surface area (TPSA) is 93.2 Å². The molecule has 0 fully saturated rings. The quantitative estimate of drug-likeness (QED) is 0.595. The molecule has 1 heterocycles. The minimum Gasteiger partial charge on any atom is -0.394 e. The minimum absolute atomic E-state index is 0.0356. The van der Waals surface area contributed by atoms with Crippen LogP contribution in [0, 0.1) is 23.0 Å². The number of hydrogen-bond donors (Lipinski definition) is 2. The molecule has 0 amide bonds. The molecule has 1 rings (SSSR count). The minimum atomic E-state index is -0.459. The Morgan fingerprint density at radius 2 is 2.18 bits per heavy atom. The first-order valence-corrected chi connectivity index (χ1v) is 5.43. The van der Waals surface area contributed by atoms with Crippen LogP contribution < -0.4 is 5.32 Å². The van der Waals surface area contributed by atoms with Crippen molar-refractivity contribution >= 4 is 11.5 Å². The van der Waals surface area contributed by atoms with Crippen LogP contribution in [-0.2, 0) is 7.05 Å². The summed E-state index contributed by atoms with van der Waals surface area (Å²) in [5.41, 5.74) is 0.326. The summed E-state index contributed by atoms with van der Waals surface area (Å²) >= 11 is 0. The molecule has 0 saturated heterocycles. The van der Waals surface area contributed by atoms with E-state index in [0.717, 1.165) is 0 Å². The summed E-state index contributed by atoms with van der Waals surface area (Å²) in [6.45, 7) is 5.37. The zero-order valence-electron chi connectivity index (χ0n) is 10.5. The Balaban J connectivity index is 3.09. The number of hydrogen-bond acceptors (Lipinski definition) is 5. The van der Waals surface area contributed by atoms with Gasteiger partial charge in [-0.2, -0.15) is 5.10 Å². The maximum absolute atomic E-state index is 10.9. The highest BCUT2D eigenvalue weighted by molar-refractivity contribution is 5.59. The molecule has 17 heavy (non-hydrogen) atoms. The van der Waals surface area contributed by atoms with Gasteiger partial charge >= 0.3 is 5.69 Å². The van der Waals surface area contributed by atoms with Crippen LogP contribution in [0.1, 0.15) is 19.5 Å². The monoisotopic (exact) mass is 242 g/mol. The van der Waals surface area contributed by atoms with Crippen molar-refractivity contribution < 1.29 is 10.0 Å². The Labute approximate surface area is 99.6 Å². The Morgan fingerprint density at radius 3 is 2.59 bits per heavy atom. The fraction of sp³-hybridized carbons (Fsp3) is 0.700. The standard InChI is InChI=1S/C10H18N4O3/c1-6(2)8(5-15)11-10-9(14(16)17)7(3)12-13(10)4/h6,8,11,15H,5H2,1-4H3. The van der Waals surface area contributed by atoms with Crippen molar-refractivity contribution in [3.05, 3.63) is 15.8 Å². The van der Waals surface area contributed by atoms with Gasteiger partial charge in [0.2, 0.25) is 5.82 Å². The number of aryl methyl sites for hydroxylation is 2. The van der Waals surface area contributed by atoms with Crippen LogP contribution in [0.15, 0.2) is 0 Å². The van der Waals surface area contributed by atoms with Gasteiger partial charge < -0.3 is 10.4 Å². The van der Waals surface area contributed by atoms with Crippen molar-refractivity contribution in [3.63, 3.8) is 0 Å². The van der Waals surface area contributed by atoms with Crippen LogP contribution in [0.5, 0.6) is 0 Å². The van der Waals surface area contributed by atoms with E-state index in [1.165, 1.54) is 4.68 Å². The average Bonchev–Trinajstić information content (AvgIpc) is 2.49. The first-order chi connectivity index (χ1) is 7.88. The SMILES string of the molecule is Cc1nn(C)c(NC(CO)C(C)C)c1[N+](=O)[O-]. The van der Waals surface area contributed by atoms with Crippen LogP contribution in [0.25, 0.3) is 0 Å². The normalized spacial score (nSPS) is 12.8. The van der Waals surface area contributed by atoms with E-state index in [4.69, 9.17) is 0 Å². The molecule has 1 aromatic rings. The second-order valence-corrected chi connectivity index (χ2v) is 4.34. The van der Waals surface area contributed by atoms with Gasteiger partial charge in [0.05, 0.1) is 17.6 Å². The molecule has 0 bridgehead atoms. The molecular weight excluding hydrogens is 224 g/mol. The summed E-state index contributed by atoms with van der Waals surface area (Å²) in [7, 11) is 1.64. The van der Waals surface area contributed by atoms with Crippen LogP contribution in [0.3, 0.4) is 0 Å². The zero-order chi connectivity index (χ0) is 13.2. The van der Waals surface area contributed by atoms with Crippen LogP contribution in [0.4, 0.5) is 11.5 Å². The summed E-state index contributed by atoms with van der Waals surface area (Å²) < 4.78 is 1.43. The lowest BCUT2D eigenvalue weighted by Crippen LogP contribution is -2.30. The summed E-state index contributed by atoms with van der Waals surface area (Å²) in [5, 5.41) is 27.2. The molecule has 0 spiro atoms. The van der Waals surface area contributed by atoms with Crippen molar-refractivity contribution in [1.29, 1.82) is 0 Å². The molecular formula is C10H18N4O3. The molecule has 1 atom stereocenters. The van der Waals surface area contributed by atoms with Crippen LogP contribution in [0.2, 0.25) is 0 Å². The van der Waals surface area contributed by atoms with Gasteiger partial charge in [-0.3, -0.25) is 10.1 Å². The summed E-state index contributed by atoms with van der Waals surface area (Å²) in [4.78, 5) is 10.5. The first-order valence-electron chi connectivity index (χ1n) is 5.43. The van der Waals surface area contributed by atoms with Crippen molar-refractivity contribution in [2.24, 2.45) is 13.0 Å². The van der Waals surface area contributed by atoms with E-state index in [1.807, 2.05) is 13.8 Å². The van der Waals surface area contributed by atoms with Gasteiger partial charge in [0, 0.05) is 7.05 Å². The highest BCUT2D eigenvalue weighted by Crippen LogP contribution is 2.28. The van der Waals surface area contributed by atoms with Crippen molar-refractivity contribution in [2.45, 2.75) is 26.8 Å². The zero-order valence-corrected chi connectivity index (χ0v) is 10.5. The molecule has 0 aliphatic heterocycles. The third kappa shape index (κ3) is 2.73. The fourth-order valence-electron chi connectivity index (χ4n) is 1.63. The van der Waals surface area contributed by atoms with Crippen molar-refractivity contribution in [1.82, 2.24) is 9.78 Å². The summed E-state index contributed by atoms with van der Waals surface area (Å²) in [5.74, 6) is 0.495. The maximum Gasteiger partial charge on any atom is 0.333 e. The lowest BCUT2D eigenvalue weighted by Gasteiger charge is -2.20. The molecule has 0 radical (unpaired) electrons. The molecule has 0 aliphatic carbocycles. The number of aromatic nitrogens is 2. The summed E-state index contributed by atoms with van der Waals surface area (Å²) in [6, 6.07) is -0.233. The predicted octanol–water partition coefficient (Wildman–Crippen LogP) is 1.07. The Kier molecular flexibility index (Phi) is 4.06. The average molecular weight is 242 g/mol. The van der Waals surface area contributed by atoms with Gasteiger partial charge in [-0.25, -0.2) is 4.68 Å². The van der Waals surface area contributed by atoms with E-state index < -0.39 is 4.92 Å². The van der Waals surface area contributed by atoms with Crippen molar-refractivity contribution in [2.75, 3.05) is 11.9 Å². The molecule has 0 aromatic carbocycles. The van der Waals surface area contributed by atoms with Gasteiger partial charge in [0.25, 0.3) is 0 Å². The number of anilines is 1. The molecule has 0 saturated carbocycles. The molecule has 0 aliphatic rings. The van der Waals surface area contributed by atoms with E-state index in [1.54, 1.807) is 14.0 Å². The maximum atomic E-state index is 10.9. The van der Waals surface area contributed by atoms with Gasteiger partial charge in [-0.15, -0.1) is 0 Å². The first kappa shape index (κ1) is 13.4. The molecule has 96 valence electrons. The lowest BCUT2D eigenvalue weighted by molar-refractivity contribution is -0.384. The predicted molar refractivity (Wildman–Crippen MR) is 63.9 cm³/mol. The number of nitro groups is 1. The van der Waals surface area contributed by atoms with Crippen LogP contribution in [-0.4, -0.2) is 32.5 Å². The molecule has 7 nitrogen and oxygen atoms in total. The third-order valence-electron chi connectivity index (χ3n) is 2.70. The number of aliphatic hydroxyl groups excluding tert-OH is 1. The van der Waals surface area contributed by atoms with Gasteiger partial charge in [0.15, 0.2) is 0 Å². The molecule has 1 aromatic heterocycles. The Hall–Kier alpha value is -1.63. The smallest absolute Gasteiger partial charge is 0.333 e. The van der Waals surface area contributed by atoms with Crippen molar-refractivity contribution in [3.8, 4) is 0 Å². The van der Waals surface area contributed by atoms with Gasteiger partial charge in [-0.1, -0.05) is 13.8 Å². The van der Waals surface area contributed by atoms with E-state index in [-0.39, 0.29) is 24.3 Å². The van der Waals surface area contributed by atoms with Gasteiger partial charge in [-0.05, 0) is 12.8 Å². The fourth-order valence-corrected chi connectivity index (χ4v) is 1.63. The molecule has 7 heteroatoms. The van der Waals surface area contributed by atoms with E-state index in [9.17, 15) is 15.2 Å². The van der Waals surface area contributed by atoms with E-state index in [0.29, 0.717) is 11.5 Å². The lowest BCUT2D eigenvalue weighted by atomic mass is 10.1. The van der Waals surface area contributed by atoms with Crippen LogP contribution >= 0.6 is 0 Å². The van der Waals surface area contributed by atoms with E-state index >= 15 is 0 Å². The second-order valence-electron chi connectivity index (χ2n) is 4.34. The molecule has 1 unspecified atom stereocenters. The largest absolute Gasteiger partial charge is 0.394 e. The number of aliphatic hydroxyl groups is 1. The number of rotatable bonds is 5. The number of nitrogens with one attached hydrogen (secondary N) is 1. The second kappa shape index (κ2) is 5.13. The highest BCUT2D eigenvalue weighted by atomic mass is 16.6. The number of nitrogens with zero attached hydrogens (tertiary/aromatic N) is 3. The van der Waals surface area contributed by atoms with Gasteiger partial charge in [0.1, 0.15) is 5.69 Å². The van der Waals surface area contributed by atoms with E-state index in [2.05, 4.69) is 10.4 Å². The summed E-state index contributed by atoms with van der Waals surface area (Å²) in [6.07, 6.45) is 0. The molecule has 2 N–H and O–H groups in total.